The van der Waals surface area contributed by atoms with E-state index >= 15 is 0 Å². The molecule has 1 aromatic carbocycles. The molecule has 0 fully saturated rings. The van der Waals surface area contributed by atoms with E-state index in [1.54, 1.807) is 11.7 Å². The van der Waals surface area contributed by atoms with Crippen molar-refractivity contribution in [2.75, 3.05) is 12.8 Å². The zero-order valence-corrected chi connectivity index (χ0v) is 10.1. The molecule has 0 radical (unpaired) electrons. The fourth-order valence-electron chi connectivity index (χ4n) is 1.86. The Balaban J connectivity index is 2.22. The van der Waals surface area contributed by atoms with Crippen LogP contribution >= 0.6 is 0 Å². The zero-order valence-electron chi connectivity index (χ0n) is 10.1. The Hall–Kier alpha value is -2.83. The molecule has 96 valence electrons. The number of nitrogens with zero attached hydrogens (tertiary/aromatic N) is 3. The number of rotatable bonds is 2. The molecule has 19 heavy (non-hydrogen) atoms. The first kappa shape index (κ1) is 11.3. The highest BCUT2D eigenvalue weighted by atomic mass is 16.5. The number of anilines is 1. The van der Waals surface area contributed by atoms with Crippen LogP contribution in [0.25, 0.3) is 16.9 Å². The van der Waals surface area contributed by atoms with Crippen molar-refractivity contribution >= 4 is 17.1 Å². The lowest BCUT2D eigenvalue weighted by molar-refractivity contribution is 0.415. The van der Waals surface area contributed by atoms with Gasteiger partial charge in [0.2, 0.25) is 5.95 Å². The van der Waals surface area contributed by atoms with Crippen LogP contribution in [0.5, 0.6) is 5.75 Å². The number of hydrogen-bond acceptors (Lipinski definition) is 5. The molecule has 0 atom stereocenters. The first-order chi connectivity index (χ1) is 9.19. The maximum atomic E-state index is 11.7. The van der Waals surface area contributed by atoms with Gasteiger partial charge in [0, 0.05) is 5.69 Å². The second-order valence-corrected chi connectivity index (χ2v) is 3.94. The van der Waals surface area contributed by atoms with Crippen molar-refractivity contribution < 1.29 is 4.74 Å². The second kappa shape index (κ2) is 4.13. The van der Waals surface area contributed by atoms with Crippen LogP contribution in [-0.4, -0.2) is 26.6 Å². The van der Waals surface area contributed by atoms with Gasteiger partial charge in [0.15, 0.2) is 11.2 Å². The van der Waals surface area contributed by atoms with Gasteiger partial charge in [0.1, 0.15) is 12.1 Å². The SMILES string of the molecule is COc1ccc(-n2cnc3c(=O)[nH]c(N)nc32)cc1. The summed E-state index contributed by atoms with van der Waals surface area (Å²) in [5.41, 5.74) is 6.69. The van der Waals surface area contributed by atoms with E-state index in [1.165, 1.54) is 6.33 Å². The van der Waals surface area contributed by atoms with Crippen LogP contribution in [0.3, 0.4) is 0 Å². The Labute approximate surface area is 107 Å². The molecule has 3 aromatic rings. The number of nitrogens with two attached hydrogens (primary N) is 1. The van der Waals surface area contributed by atoms with Crippen LogP contribution in [0.2, 0.25) is 0 Å². The predicted molar refractivity (Wildman–Crippen MR) is 70.5 cm³/mol. The third kappa shape index (κ3) is 1.81. The van der Waals surface area contributed by atoms with Crippen molar-refractivity contribution in [3.8, 4) is 11.4 Å². The highest BCUT2D eigenvalue weighted by Crippen LogP contribution is 2.18. The highest BCUT2D eigenvalue weighted by Gasteiger charge is 2.10. The maximum absolute atomic E-state index is 11.7. The third-order valence-electron chi connectivity index (χ3n) is 2.78. The molecule has 0 unspecified atom stereocenters. The molecule has 3 rings (SSSR count). The quantitative estimate of drug-likeness (QED) is 0.704. The van der Waals surface area contributed by atoms with Gasteiger partial charge in [0.25, 0.3) is 5.56 Å². The standard InChI is InChI=1S/C12H11N5O2/c1-19-8-4-2-7(3-5-8)17-6-14-9-10(17)15-12(13)16-11(9)18/h2-6H,1H3,(H3,13,15,16,18). The van der Waals surface area contributed by atoms with Gasteiger partial charge in [-0.2, -0.15) is 4.98 Å². The van der Waals surface area contributed by atoms with Crippen LogP contribution in [0, 0.1) is 0 Å². The van der Waals surface area contributed by atoms with Crippen molar-refractivity contribution in [1.29, 1.82) is 0 Å². The Morgan fingerprint density at radius 2 is 2.05 bits per heavy atom. The number of nitrogens with one attached hydrogen (secondary N) is 1. The Kier molecular flexibility index (Phi) is 2.45. The summed E-state index contributed by atoms with van der Waals surface area (Å²) in [6.07, 6.45) is 1.54. The molecule has 0 aliphatic carbocycles. The molecule has 7 nitrogen and oxygen atoms in total. The average Bonchev–Trinajstić information content (AvgIpc) is 2.83. The van der Waals surface area contributed by atoms with Crippen molar-refractivity contribution in [2.24, 2.45) is 0 Å². The molecule has 3 N–H and O–H groups in total. The molecule has 0 bridgehead atoms. The molecule has 0 aliphatic rings. The smallest absolute Gasteiger partial charge is 0.280 e. The number of methoxy groups -OCH3 is 1. The van der Waals surface area contributed by atoms with Crippen LogP contribution in [0.15, 0.2) is 35.4 Å². The number of H-pyrrole nitrogens is 1. The van der Waals surface area contributed by atoms with Gasteiger partial charge in [-0.25, -0.2) is 4.98 Å². The lowest BCUT2D eigenvalue weighted by Gasteiger charge is -2.05. The van der Waals surface area contributed by atoms with Gasteiger partial charge >= 0.3 is 0 Å². The number of imidazole rings is 1. The first-order valence-corrected chi connectivity index (χ1v) is 5.56. The number of hydrogen-bond donors (Lipinski definition) is 2. The first-order valence-electron chi connectivity index (χ1n) is 5.56. The Morgan fingerprint density at radius 1 is 1.32 bits per heavy atom. The summed E-state index contributed by atoms with van der Waals surface area (Å²) in [7, 11) is 1.60. The van der Waals surface area contributed by atoms with E-state index in [4.69, 9.17) is 10.5 Å². The average molecular weight is 257 g/mol. The van der Waals surface area contributed by atoms with E-state index in [2.05, 4.69) is 15.0 Å². The molecule has 7 heteroatoms. The fraction of sp³-hybridized carbons (Fsp3) is 0.0833. The second-order valence-electron chi connectivity index (χ2n) is 3.94. The Morgan fingerprint density at radius 3 is 2.74 bits per heavy atom. The van der Waals surface area contributed by atoms with Crippen LogP contribution in [-0.2, 0) is 0 Å². The summed E-state index contributed by atoms with van der Waals surface area (Å²) in [5, 5.41) is 0. The van der Waals surface area contributed by atoms with Gasteiger partial charge < -0.3 is 10.5 Å². The molecule has 0 amide bonds. The number of fused-ring (bicyclic) bond motifs is 1. The number of aromatic amines is 1. The number of ether oxygens (including phenoxy) is 1. The van der Waals surface area contributed by atoms with Crippen LogP contribution in [0.1, 0.15) is 0 Å². The minimum absolute atomic E-state index is 0.0627. The molecule has 2 heterocycles. The van der Waals surface area contributed by atoms with Crippen LogP contribution < -0.4 is 16.0 Å². The summed E-state index contributed by atoms with van der Waals surface area (Å²) in [6, 6.07) is 7.33. The molecule has 0 saturated carbocycles. The van der Waals surface area contributed by atoms with E-state index in [0.29, 0.717) is 5.65 Å². The topological polar surface area (TPSA) is 98.8 Å². The lowest BCUT2D eigenvalue weighted by Crippen LogP contribution is -2.11. The zero-order chi connectivity index (χ0) is 13.4. The third-order valence-corrected chi connectivity index (χ3v) is 2.78. The molecular weight excluding hydrogens is 246 g/mol. The van der Waals surface area contributed by atoms with Crippen molar-refractivity contribution in [3.05, 3.63) is 40.9 Å². The van der Waals surface area contributed by atoms with Crippen molar-refractivity contribution in [3.63, 3.8) is 0 Å². The van der Waals surface area contributed by atoms with Crippen molar-refractivity contribution in [1.82, 2.24) is 19.5 Å². The fourth-order valence-corrected chi connectivity index (χ4v) is 1.86. The van der Waals surface area contributed by atoms with E-state index in [9.17, 15) is 4.79 Å². The molecular formula is C12H11N5O2. The predicted octanol–water partition coefficient (Wildman–Crippen LogP) is 0.700. The van der Waals surface area contributed by atoms with Gasteiger partial charge in [0.05, 0.1) is 7.11 Å². The molecule has 0 spiro atoms. The van der Waals surface area contributed by atoms with Gasteiger partial charge in [-0.15, -0.1) is 0 Å². The molecule has 2 aromatic heterocycles. The number of aromatic nitrogens is 4. The minimum atomic E-state index is -0.352. The van der Waals surface area contributed by atoms with Crippen molar-refractivity contribution in [2.45, 2.75) is 0 Å². The summed E-state index contributed by atoms with van der Waals surface area (Å²) in [6.45, 7) is 0. The van der Waals surface area contributed by atoms with Gasteiger partial charge in [-0.05, 0) is 24.3 Å². The number of benzene rings is 1. The largest absolute Gasteiger partial charge is 0.497 e. The van der Waals surface area contributed by atoms with E-state index < -0.39 is 0 Å². The number of nitrogen functional groups attached to an aromatic ring is 1. The lowest BCUT2D eigenvalue weighted by atomic mass is 10.3. The molecule has 0 aliphatic heterocycles. The summed E-state index contributed by atoms with van der Waals surface area (Å²) in [5.74, 6) is 0.811. The van der Waals surface area contributed by atoms with E-state index in [1.807, 2.05) is 24.3 Å². The van der Waals surface area contributed by atoms with Gasteiger partial charge in [-0.1, -0.05) is 0 Å². The minimum Gasteiger partial charge on any atom is -0.497 e. The normalized spacial score (nSPS) is 10.8. The summed E-state index contributed by atoms with van der Waals surface area (Å²) in [4.78, 5) is 22.2. The maximum Gasteiger partial charge on any atom is 0.280 e. The van der Waals surface area contributed by atoms with Gasteiger partial charge in [-0.3, -0.25) is 14.3 Å². The Bertz CT molecular complexity index is 788. The molecule has 0 saturated heterocycles. The highest BCUT2D eigenvalue weighted by molar-refractivity contribution is 5.72. The monoisotopic (exact) mass is 257 g/mol. The summed E-state index contributed by atoms with van der Waals surface area (Å²) < 4.78 is 6.79. The van der Waals surface area contributed by atoms with E-state index in [0.717, 1.165) is 11.4 Å². The summed E-state index contributed by atoms with van der Waals surface area (Å²) >= 11 is 0. The van der Waals surface area contributed by atoms with Crippen LogP contribution in [0.4, 0.5) is 5.95 Å². The van der Waals surface area contributed by atoms with E-state index in [-0.39, 0.29) is 17.0 Å².